The number of carbonyl (C=O) groups excluding carboxylic acids is 1. The summed E-state index contributed by atoms with van der Waals surface area (Å²) in [6, 6.07) is 4.13. The van der Waals surface area contributed by atoms with Gasteiger partial charge in [-0.05, 0) is 31.9 Å². The Balaban J connectivity index is 2.50. The Labute approximate surface area is 106 Å². The summed E-state index contributed by atoms with van der Waals surface area (Å²) in [5.74, 6) is -0.666. The van der Waals surface area contributed by atoms with E-state index >= 15 is 0 Å². The van der Waals surface area contributed by atoms with Crippen LogP contribution in [-0.2, 0) is 11.3 Å². The van der Waals surface area contributed by atoms with Crippen LogP contribution in [0, 0.1) is 31.1 Å². The van der Waals surface area contributed by atoms with Crippen molar-refractivity contribution < 1.29 is 4.79 Å². The lowest BCUT2D eigenvalue weighted by Gasteiger charge is -2.07. The predicted molar refractivity (Wildman–Crippen MR) is 69.7 cm³/mol. The molecule has 1 unspecified atom stereocenters. The molecule has 1 rings (SSSR count). The average molecular weight is 250 g/mol. The zero-order chi connectivity index (χ0) is 12.8. The lowest BCUT2D eigenvalue weighted by Crippen LogP contribution is -2.29. The molecule has 3 nitrogen and oxygen atoms in total. The molecular weight excluding hydrogens is 232 g/mol. The van der Waals surface area contributed by atoms with E-state index in [2.05, 4.69) is 25.2 Å². The van der Waals surface area contributed by atoms with Gasteiger partial charge in [-0.25, -0.2) is 0 Å². The minimum atomic E-state index is -0.512. The molecule has 1 aromatic heterocycles. The Morgan fingerprint density at radius 2 is 2.29 bits per heavy atom. The van der Waals surface area contributed by atoms with Crippen LogP contribution < -0.4 is 5.32 Å². The predicted octanol–water partition coefficient (Wildman–Crippen LogP) is 2.92. The third-order valence-corrected chi connectivity index (χ3v) is 3.86. The van der Waals surface area contributed by atoms with E-state index in [-0.39, 0.29) is 5.91 Å². The number of nitriles is 1. The first-order valence-electron chi connectivity index (χ1n) is 5.81. The van der Waals surface area contributed by atoms with E-state index < -0.39 is 5.92 Å². The number of carbonyl (C=O) groups is 1. The van der Waals surface area contributed by atoms with Gasteiger partial charge in [0.2, 0.25) is 5.91 Å². The molecule has 0 spiro atoms. The summed E-state index contributed by atoms with van der Waals surface area (Å²) < 4.78 is 0. The summed E-state index contributed by atoms with van der Waals surface area (Å²) in [5, 5.41) is 11.7. The lowest BCUT2D eigenvalue weighted by molar-refractivity contribution is -0.123. The fourth-order valence-corrected chi connectivity index (χ4v) is 2.57. The molecule has 0 aliphatic carbocycles. The first kappa shape index (κ1) is 13.7. The molecule has 0 aromatic carbocycles. The zero-order valence-corrected chi connectivity index (χ0v) is 11.4. The first-order valence-corrected chi connectivity index (χ1v) is 6.63. The molecule has 17 heavy (non-hydrogen) atoms. The zero-order valence-electron chi connectivity index (χ0n) is 10.5. The smallest absolute Gasteiger partial charge is 0.237 e. The lowest BCUT2D eigenvalue weighted by atomic mass is 10.1. The fraction of sp³-hybridized carbons (Fsp3) is 0.538. The van der Waals surface area contributed by atoms with Crippen molar-refractivity contribution in [3.8, 4) is 6.07 Å². The van der Waals surface area contributed by atoms with Crippen molar-refractivity contribution in [1.82, 2.24) is 5.32 Å². The molecule has 1 amide bonds. The molecule has 0 aliphatic heterocycles. The van der Waals surface area contributed by atoms with E-state index in [1.165, 1.54) is 10.4 Å². The molecule has 0 aliphatic rings. The van der Waals surface area contributed by atoms with Gasteiger partial charge in [0.15, 0.2) is 0 Å². The Morgan fingerprint density at radius 1 is 1.59 bits per heavy atom. The van der Waals surface area contributed by atoms with Crippen molar-refractivity contribution in [1.29, 1.82) is 5.26 Å². The molecule has 1 aromatic rings. The standard InChI is InChI=1S/C13H18N2OS/c1-4-5-11(7-14)13(16)15-8-12-6-9(2)10(3)17-12/h6,11H,4-5,8H2,1-3H3,(H,15,16). The minimum Gasteiger partial charge on any atom is -0.350 e. The number of hydrogen-bond acceptors (Lipinski definition) is 3. The van der Waals surface area contributed by atoms with E-state index in [1.54, 1.807) is 11.3 Å². The van der Waals surface area contributed by atoms with E-state index in [0.717, 1.165) is 11.3 Å². The van der Waals surface area contributed by atoms with Gasteiger partial charge >= 0.3 is 0 Å². The molecule has 0 saturated carbocycles. The summed E-state index contributed by atoms with van der Waals surface area (Å²) in [6.07, 6.45) is 1.48. The van der Waals surface area contributed by atoms with E-state index in [9.17, 15) is 4.79 Å². The van der Waals surface area contributed by atoms with Crippen LogP contribution >= 0.6 is 11.3 Å². The van der Waals surface area contributed by atoms with E-state index in [1.807, 2.05) is 13.0 Å². The normalized spacial score (nSPS) is 11.9. The van der Waals surface area contributed by atoms with E-state index in [4.69, 9.17) is 5.26 Å². The number of nitrogens with zero attached hydrogens (tertiary/aromatic N) is 1. The van der Waals surface area contributed by atoms with Gasteiger partial charge in [0.1, 0.15) is 5.92 Å². The maximum absolute atomic E-state index is 11.7. The summed E-state index contributed by atoms with van der Waals surface area (Å²) in [4.78, 5) is 14.1. The summed E-state index contributed by atoms with van der Waals surface area (Å²) in [5.41, 5.74) is 1.25. The number of thiophene rings is 1. The third-order valence-electron chi connectivity index (χ3n) is 2.70. The number of aryl methyl sites for hydroxylation is 2. The van der Waals surface area contributed by atoms with Crippen LogP contribution in [0.15, 0.2) is 6.07 Å². The highest BCUT2D eigenvalue weighted by Crippen LogP contribution is 2.20. The van der Waals surface area contributed by atoms with Crippen LogP contribution in [0.3, 0.4) is 0 Å². The van der Waals surface area contributed by atoms with Crippen molar-refractivity contribution in [3.63, 3.8) is 0 Å². The SMILES string of the molecule is CCCC(C#N)C(=O)NCc1cc(C)c(C)s1. The highest BCUT2D eigenvalue weighted by atomic mass is 32.1. The number of nitrogens with one attached hydrogen (secondary N) is 1. The Kier molecular flexibility index (Phi) is 5.17. The molecule has 0 bridgehead atoms. The minimum absolute atomic E-state index is 0.155. The van der Waals surface area contributed by atoms with Crippen LogP contribution in [0.25, 0.3) is 0 Å². The van der Waals surface area contributed by atoms with Crippen molar-refractivity contribution in [2.75, 3.05) is 0 Å². The molecule has 0 fully saturated rings. The van der Waals surface area contributed by atoms with Crippen molar-refractivity contribution in [3.05, 3.63) is 21.4 Å². The highest BCUT2D eigenvalue weighted by molar-refractivity contribution is 7.12. The Hall–Kier alpha value is -1.34. The highest BCUT2D eigenvalue weighted by Gasteiger charge is 2.16. The fourth-order valence-electron chi connectivity index (χ4n) is 1.58. The number of amides is 1. The second-order valence-electron chi connectivity index (χ2n) is 4.14. The molecule has 0 saturated heterocycles. The summed E-state index contributed by atoms with van der Waals surface area (Å²) in [6.45, 7) is 6.64. The molecular formula is C13H18N2OS. The van der Waals surface area contributed by atoms with Gasteiger partial charge in [0.05, 0.1) is 12.6 Å². The monoisotopic (exact) mass is 250 g/mol. The molecule has 0 radical (unpaired) electrons. The Bertz CT molecular complexity index is 412. The van der Waals surface area contributed by atoms with Gasteiger partial charge in [-0.3, -0.25) is 4.79 Å². The van der Waals surface area contributed by atoms with Gasteiger partial charge in [-0.15, -0.1) is 11.3 Å². The number of rotatable bonds is 5. The van der Waals surface area contributed by atoms with Crippen LogP contribution in [-0.4, -0.2) is 5.91 Å². The molecule has 1 atom stereocenters. The van der Waals surface area contributed by atoms with Gasteiger partial charge in [-0.2, -0.15) is 5.26 Å². The molecule has 92 valence electrons. The van der Waals surface area contributed by atoms with Gasteiger partial charge in [0.25, 0.3) is 0 Å². The first-order chi connectivity index (χ1) is 8.08. The van der Waals surface area contributed by atoms with Crippen molar-refractivity contribution in [2.45, 2.75) is 40.2 Å². The van der Waals surface area contributed by atoms with Crippen molar-refractivity contribution >= 4 is 17.2 Å². The largest absolute Gasteiger partial charge is 0.350 e. The molecule has 1 N–H and O–H groups in total. The second-order valence-corrected chi connectivity index (χ2v) is 5.48. The third kappa shape index (κ3) is 3.86. The maximum Gasteiger partial charge on any atom is 0.237 e. The van der Waals surface area contributed by atoms with Gasteiger partial charge < -0.3 is 5.32 Å². The number of hydrogen-bond donors (Lipinski definition) is 1. The van der Waals surface area contributed by atoms with Crippen molar-refractivity contribution in [2.24, 2.45) is 5.92 Å². The quantitative estimate of drug-likeness (QED) is 0.873. The van der Waals surface area contributed by atoms with Gasteiger partial charge in [-0.1, -0.05) is 13.3 Å². The summed E-state index contributed by atoms with van der Waals surface area (Å²) >= 11 is 1.69. The average Bonchev–Trinajstić information content (AvgIpc) is 2.62. The second kappa shape index (κ2) is 6.41. The van der Waals surface area contributed by atoms with Gasteiger partial charge in [0, 0.05) is 9.75 Å². The molecule has 4 heteroatoms. The van der Waals surface area contributed by atoms with Crippen LogP contribution in [0.4, 0.5) is 0 Å². The van der Waals surface area contributed by atoms with E-state index in [0.29, 0.717) is 13.0 Å². The maximum atomic E-state index is 11.7. The van der Waals surface area contributed by atoms with Crippen LogP contribution in [0.1, 0.15) is 35.1 Å². The van der Waals surface area contributed by atoms with Crippen LogP contribution in [0.5, 0.6) is 0 Å². The van der Waals surface area contributed by atoms with Crippen LogP contribution in [0.2, 0.25) is 0 Å². The topological polar surface area (TPSA) is 52.9 Å². The molecule has 1 heterocycles. The summed E-state index contributed by atoms with van der Waals surface area (Å²) in [7, 11) is 0. The Morgan fingerprint density at radius 3 is 2.76 bits per heavy atom.